The largest absolute Gasteiger partial charge is 0.354 e. The Balaban J connectivity index is 1.91. The minimum atomic E-state index is -1.11. The second-order valence-electron chi connectivity index (χ2n) is 5.80. The molecule has 7 heteroatoms. The van der Waals surface area contributed by atoms with Crippen LogP contribution < -0.4 is 5.32 Å². The summed E-state index contributed by atoms with van der Waals surface area (Å²) in [7, 11) is 0. The fourth-order valence-electron chi connectivity index (χ4n) is 2.83. The summed E-state index contributed by atoms with van der Waals surface area (Å²) in [5, 5.41) is 14.0. The quantitative estimate of drug-likeness (QED) is 0.622. The van der Waals surface area contributed by atoms with Gasteiger partial charge in [-0.25, -0.2) is 0 Å². The van der Waals surface area contributed by atoms with Crippen LogP contribution in [0.5, 0.6) is 0 Å². The standard InChI is InChI=1S/C13H22N2O5/c1-3-12(15(17)18)8-19-13(20-9-12)6-4-11(5-7-13)14-10(2)16/h11H,3-9H2,1-2H3,(H,14,16). The van der Waals surface area contributed by atoms with Gasteiger partial charge in [0.15, 0.2) is 5.79 Å². The van der Waals surface area contributed by atoms with Crippen LogP contribution in [0.1, 0.15) is 46.0 Å². The number of carbonyl (C=O) groups is 1. The molecule has 0 unspecified atom stereocenters. The average molecular weight is 286 g/mol. The van der Waals surface area contributed by atoms with Gasteiger partial charge in [-0.1, -0.05) is 6.92 Å². The molecule has 2 rings (SSSR count). The molecule has 1 aliphatic heterocycles. The number of hydrogen-bond acceptors (Lipinski definition) is 5. The van der Waals surface area contributed by atoms with Crippen molar-refractivity contribution in [3.63, 3.8) is 0 Å². The van der Waals surface area contributed by atoms with Gasteiger partial charge in [-0.3, -0.25) is 14.9 Å². The molecule has 1 amide bonds. The molecule has 1 spiro atoms. The summed E-state index contributed by atoms with van der Waals surface area (Å²) in [6.07, 6.45) is 3.27. The van der Waals surface area contributed by atoms with E-state index in [1.54, 1.807) is 6.92 Å². The highest BCUT2D eigenvalue weighted by atomic mass is 16.7. The Labute approximate surface area is 118 Å². The molecule has 114 valence electrons. The van der Waals surface area contributed by atoms with E-state index in [1.165, 1.54) is 6.92 Å². The van der Waals surface area contributed by atoms with Crippen LogP contribution in [0.3, 0.4) is 0 Å². The molecule has 2 aliphatic rings. The van der Waals surface area contributed by atoms with Crippen molar-refractivity contribution in [1.29, 1.82) is 0 Å². The summed E-state index contributed by atoms with van der Waals surface area (Å²) in [5.74, 6) is -0.723. The molecule has 20 heavy (non-hydrogen) atoms. The lowest BCUT2D eigenvalue weighted by molar-refractivity contribution is -0.598. The maximum absolute atomic E-state index is 11.1. The lowest BCUT2D eigenvalue weighted by Gasteiger charge is -2.45. The summed E-state index contributed by atoms with van der Waals surface area (Å²) in [5.41, 5.74) is -1.11. The summed E-state index contributed by atoms with van der Waals surface area (Å²) >= 11 is 0. The Morgan fingerprint density at radius 1 is 1.35 bits per heavy atom. The van der Waals surface area contributed by atoms with Crippen LogP contribution in [0.4, 0.5) is 0 Å². The molecule has 1 heterocycles. The second kappa shape index (κ2) is 5.65. The van der Waals surface area contributed by atoms with Gasteiger partial charge >= 0.3 is 0 Å². The van der Waals surface area contributed by atoms with Crippen molar-refractivity contribution in [3.8, 4) is 0 Å². The van der Waals surface area contributed by atoms with Crippen LogP contribution >= 0.6 is 0 Å². The average Bonchev–Trinajstić information content (AvgIpc) is 2.42. The van der Waals surface area contributed by atoms with Crippen molar-refractivity contribution < 1.29 is 19.2 Å². The topological polar surface area (TPSA) is 90.7 Å². The Morgan fingerprint density at radius 3 is 2.30 bits per heavy atom. The monoisotopic (exact) mass is 286 g/mol. The third-order valence-electron chi connectivity index (χ3n) is 4.41. The van der Waals surface area contributed by atoms with Crippen LogP contribution in [0, 0.1) is 10.1 Å². The molecule has 0 aromatic rings. The molecule has 2 fully saturated rings. The fraction of sp³-hybridized carbons (Fsp3) is 0.923. The number of rotatable bonds is 3. The van der Waals surface area contributed by atoms with Gasteiger partial charge in [-0.15, -0.1) is 0 Å². The van der Waals surface area contributed by atoms with Crippen LogP contribution in [0.15, 0.2) is 0 Å². The Bertz CT molecular complexity index is 380. The van der Waals surface area contributed by atoms with Gasteiger partial charge < -0.3 is 14.8 Å². The zero-order valence-corrected chi connectivity index (χ0v) is 12.0. The Morgan fingerprint density at radius 2 is 1.90 bits per heavy atom. The van der Waals surface area contributed by atoms with Gasteiger partial charge in [0.25, 0.3) is 5.54 Å². The summed E-state index contributed by atoms with van der Waals surface area (Å²) < 4.78 is 11.5. The molecule has 1 N–H and O–H groups in total. The first-order chi connectivity index (χ1) is 9.41. The predicted octanol–water partition coefficient (Wildman–Crippen LogP) is 1.23. The first kappa shape index (κ1) is 15.2. The van der Waals surface area contributed by atoms with Crippen molar-refractivity contribution in [2.75, 3.05) is 13.2 Å². The lowest BCUT2D eigenvalue weighted by Crippen LogP contribution is -2.58. The summed E-state index contributed by atoms with van der Waals surface area (Å²) in [6, 6.07) is 0.152. The molecule has 1 saturated heterocycles. The lowest BCUT2D eigenvalue weighted by atomic mass is 9.88. The smallest absolute Gasteiger partial charge is 0.267 e. The second-order valence-corrected chi connectivity index (χ2v) is 5.80. The van der Waals surface area contributed by atoms with Crippen molar-refractivity contribution in [1.82, 2.24) is 5.32 Å². The van der Waals surface area contributed by atoms with Crippen molar-refractivity contribution in [2.45, 2.75) is 63.3 Å². The fourth-order valence-corrected chi connectivity index (χ4v) is 2.83. The van der Waals surface area contributed by atoms with E-state index in [0.29, 0.717) is 19.3 Å². The summed E-state index contributed by atoms with van der Waals surface area (Å²) in [6.45, 7) is 3.48. The third-order valence-corrected chi connectivity index (χ3v) is 4.41. The molecule has 1 aliphatic carbocycles. The molecule has 0 radical (unpaired) electrons. The molecule has 0 aromatic carbocycles. The number of nitrogens with one attached hydrogen (secondary N) is 1. The van der Waals surface area contributed by atoms with Crippen molar-refractivity contribution in [2.24, 2.45) is 0 Å². The minimum absolute atomic E-state index is 0.0326. The van der Waals surface area contributed by atoms with E-state index in [4.69, 9.17) is 9.47 Å². The molecule has 7 nitrogen and oxygen atoms in total. The van der Waals surface area contributed by atoms with E-state index in [2.05, 4.69) is 5.32 Å². The SMILES string of the molecule is CCC1([N+](=O)[O-])COC2(CCC(NC(C)=O)CC2)OC1. The van der Waals surface area contributed by atoms with Crippen LogP contribution in [0.25, 0.3) is 0 Å². The van der Waals surface area contributed by atoms with E-state index in [9.17, 15) is 14.9 Å². The van der Waals surface area contributed by atoms with E-state index in [-0.39, 0.29) is 30.1 Å². The first-order valence-electron chi connectivity index (χ1n) is 7.11. The number of nitro groups is 1. The van der Waals surface area contributed by atoms with E-state index < -0.39 is 11.3 Å². The number of ether oxygens (including phenoxy) is 2. The number of hydrogen-bond donors (Lipinski definition) is 1. The maximum Gasteiger partial charge on any atom is 0.267 e. The van der Waals surface area contributed by atoms with Crippen LogP contribution in [-0.2, 0) is 14.3 Å². The predicted molar refractivity (Wildman–Crippen MR) is 70.7 cm³/mol. The van der Waals surface area contributed by atoms with Gasteiger partial charge in [0.1, 0.15) is 13.2 Å². The van der Waals surface area contributed by atoms with Crippen molar-refractivity contribution >= 4 is 5.91 Å². The van der Waals surface area contributed by atoms with Gasteiger partial charge in [0.05, 0.1) is 0 Å². The van der Waals surface area contributed by atoms with Crippen molar-refractivity contribution in [3.05, 3.63) is 10.1 Å². The normalized spacial score (nSPS) is 37.6. The van der Waals surface area contributed by atoms with Crippen LogP contribution in [0.2, 0.25) is 0 Å². The van der Waals surface area contributed by atoms with Gasteiger partial charge in [0.2, 0.25) is 5.91 Å². The maximum atomic E-state index is 11.1. The van der Waals surface area contributed by atoms with Crippen LogP contribution in [-0.4, -0.2) is 41.4 Å². The van der Waals surface area contributed by atoms with Gasteiger partial charge in [-0.05, 0) is 12.8 Å². The number of carbonyl (C=O) groups excluding carboxylic acids is 1. The third kappa shape index (κ3) is 2.93. The highest BCUT2D eigenvalue weighted by molar-refractivity contribution is 5.73. The minimum Gasteiger partial charge on any atom is -0.354 e. The highest BCUT2D eigenvalue weighted by Gasteiger charge is 2.52. The van der Waals surface area contributed by atoms with Gasteiger partial charge in [-0.2, -0.15) is 0 Å². The molecule has 0 aromatic heterocycles. The zero-order chi connectivity index (χ0) is 14.8. The first-order valence-corrected chi connectivity index (χ1v) is 7.11. The van der Waals surface area contributed by atoms with E-state index >= 15 is 0 Å². The molecular weight excluding hydrogens is 264 g/mol. The van der Waals surface area contributed by atoms with Gasteiger partial charge in [0, 0.05) is 37.2 Å². The molecule has 1 saturated carbocycles. The van der Waals surface area contributed by atoms with E-state index in [1.807, 2.05) is 0 Å². The Hall–Kier alpha value is -1.21. The Kier molecular flexibility index (Phi) is 4.29. The molecule has 0 atom stereocenters. The zero-order valence-electron chi connectivity index (χ0n) is 12.0. The van der Waals surface area contributed by atoms with E-state index in [0.717, 1.165) is 12.8 Å². The number of nitrogens with zero attached hydrogens (tertiary/aromatic N) is 1. The molecule has 0 bridgehead atoms. The number of amides is 1. The summed E-state index contributed by atoms with van der Waals surface area (Å²) in [4.78, 5) is 21.9. The highest BCUT2D eigenvalue weighted by Crippen LogP contribution is 2.38. The molecular formula is C13H22N2O5.